The van der Waals surface area contributed by atoms with Crippen LogP contribution in [0.4, 0.5) is 5.69 Å². The largest absolute Gasteiger partial charge is 0.325 e. The lowest BCUT2D eigenvalue weighted by molar-refractivity contribution is -0.113. The second-order valence-corrected chi connectivity index (χ2v) is 5.38. The van der Waals surface area contributed by atoms with Gasteiger partial charge in [0.2, 0.25) is 5.91 Å². The molecule has 1 aromatic carbocycles. The van der Waals surface area contributed by atoms with Crippen molar-refractivity contribution in [2.24, 2.45) is 0 Å². The number of benzene rings is 1. The molecule has 0 aliphatic rings. The summed E-state index contributed by atoms with van der Waals surface area (Å²) in [5.74, 6) is 1.56. The molecule has 0 unspecified atom stereocenters. The summed E-state index contributed by atoms with van der Waals surface area (Å²) in [6.45, 7) is 3.02. The Bertz CT molecular complexity index is 366. The van der Waals surface area contributed by atoms with Crippen molar-refractivity contribution in [3.8, 4) is 0 Å². The third-order valence-corrected chi connectivity index (χ3v) is 3.16. The molecule has 0 radical (unpaired) electrons. The predicted molar refractivity (Wildman–Crippen MR) is 75.7 cm³/mol. The van der Waals surface area contributed by atoms with Crippen LogP contribution in [0.2, 0.25) is 0 Å². The average Bonchev–Trinajstić information content (AvgIpc) is 2.24. The maximum absolute atomic E-state index is 11.6. The normalized spacial score (nSPS) is 10.6. The van der Waals surface area contributed by atoms with Crippen molar-refractivity contribution >= 4 is 23.4 Å². The van der Waals surface area contributed by atoms with E-state index in [9.17, 15) is 4.79 Å². The van der Waals surface area contributed by atoms with E-state index in [0.717, 1.165) is 23.5 Å². The Morgan fingerprint density at radius 2 is 2.18 bits per heavy atom. The number of carbonyl (C=O) groups is 1. The van der Waals surface area contributed by atoms with E-state index < -0.39 is 0 Å². The summed E-state index contributed by atoms with van der Waals surface area (Å²) in [4.78, 5) is 13.7. The molecule has 1 aromatic rings. The van der Waals surface area contributed by atoms with Crippen LogP contribution < -0.4 is 5.32 Å². The van der Waals surface area contributed by atoms with Crippen LogP contribution in [0.1, 0.15) is 5.56 Å². The van der Waals surface area contributed by atoms with Crippen molar-refractivity contribution in [2.45, 2.75) is 6.92 Å². The van der Waals surface area contributed by atoms with Gasteiger partial charge in [-0.2, -0.15) is 11.8 Å². The Balaban J connectivity index is 2.25. The molecule has 0 saturated carbocycles. The van der Waals surface area contributed by atoms with Crippen molar-refractivity contribution in [3.05, 3.63) is 29.8 Å². The van der Waals surface area contributed by atoms with Crippen molar-refractivity contribution in [2.75, 3.05) is 37.5 Å². The molecule has 94 valence electrons. The lowest BCUT2D eigenvalue weighted by Crippen LogP contribution is -2.18. The molecule has 0 heterocycles. The summed E-state index contributed by atoms with van der Waals surface area (Å²) in [5.41, 5.74) is 2.03. The highest BCUT2D eigenvalue weighted by Gasteiger charge is 2.02. The number of carbonyl (C=O) groups excluding carboxylic acids is 1. The van der Waals surface area contributed by atoms with Crippen LogP contribution >= 0.6 is 11.8 Å². The Labute approximate surface area is 108 Å². The molecule has 1 N–H and O–H groups in total. The van der Waals surface area contributed by atoms with Crippen molar-refractivity contribution in [1.82, 2.24) is 4.90 Å². The molecule has 4 heteroatoms. The molecule has 3 nitrogen and oxygen atoms in total. The first-order valence-corrected chi connectivity index (χ1v) is 6.82. The molecular weight excluding hydrogens is 232 g/mol. The fourth-order valence-electron chi connectivity index (χ4n) is 1.33. The molecule has 1 rings (SSSR count). The van der Waals surface area contributed by atoms with Crippen LogP contribution in [0.15, 0.2) is 24.3 Å². The molecule has 17 heavy (non-hydrogen) atoms. The SMILES string of the molecule is Cc1cccc(NC(=O)CSCCN(C)C)c1. The van der Waals surface area contributed by atoms with Gasteiger partial charge in [-0.05, 0) is 38.7 Å². The highest BCUT2D eigenvalue weighted by Crippen LogP contribution is 2.10. The van der Waals surface area contributed by atoms with Gasteiger partial charge in [0.05, 0.1) is 5.75 Å². The molecule has 0 aromatic heterocycles. The molecule has 0 saturated heterocycles. The number of aryl methyl sites for hydroxylation is 1. The predicted octanol–water partition coefficient (Wildman–Crippen LogP) is 2.23. The van der Waals surface area contributed by atoms with Crippen molar-refractivity contribution in [1.29, 1.82) is 0 Å². The van der Waals surface area contributed by atoms with Crippen LogP contribution in [-0.4, -0.2) is 43.0 Å². The highest BCUT2D eigenvalue weighted by molar-refractivity contribution is 7.99. The van der Waals surface area contributed by atoms with Gasteiger partial charge in [0, 0.05) is 18.0 Å². The van der Waals surface area contributed by atoms with E-state index in [1.807, 2.05) is 45.3 Å². The molecule has 0 bridgehead atoms. The minimum atomic E-state index is 0.0688. The Morgan fingerprint density at radius 3 is 2.82 bits per heavy atom. The summed E-state index contributed by atoms with van der Waals surface area (Å²) in [6.07, 6.45) is 0. The fraction of sp³-hybridized carbons (Fsp3) is 0.462. The van der Waals surface area contributed by atoms with E-state index in [1.54, 1.807) is 11.8 Å². The first-order valence-electron chi connectivity index (χ1n) is 5.67. The van der Waals surface area contributed by atoms with Crippen molar-refractivity contribution < 1.29 is 4.79 Å². The summed E-state index contributed by atoms with van der Waals surface area (Å²) < 4.78 is 0. The molecular formula is C13H20N2OS. The standard InChI is InChI=1S/C13H20N2OS/c1-11-5-4-6-12(9-11)14-13(16)10-17-8-7-15(2)3/h4-6,9H,7-8,10H2,1-3H3,(H,14,16). The number of thioether (sulfide) groups is 1. The number of hydrogen-bond acceptors (Lipinski definition) is 3. The Hall–Kier alpha value is -1.00. The zero-order chi connectivity index (χ0) is 12.7. The third kappa shape index (κ3) is 6.34. The van der Waals surface area contributed by atoms with Gasteiger partial charge in [0.15, 0.2) is 0 Å². The van der Waals surface area contributed by atoms with E-state index in [-0.39, 0.29) is 5.91 Å². The molecule has 0 atom stereocenters. The Kier molecular flexibility index (Phi) is 6.08. The summed E-state index contributed by atoms with van der Waals surface area (Å²) in [5, 5.41) is 2.90. The first-order chi connectivity index (χ1) is 8.08. The molecule has 1 amide bonds. The maximum Gasteiger partial charge on any atom is 0.234 e. The number of hydrogen-bond donors (Lipinski definition) is 1. The smallest absolute Gasteiger partial charge is 0.234 e. The van der Waals surface area contributed by atoms with E-state index in [4.69, 9.17) is 0 Å². The van der Waals surface area contributed by atoms with Crippen LogP contribution in [0, 0.1) is 6.92 Å². The number of amides is 1. The van der Waals surface area contributed by atoms with Crippen LogP contribution in [0.25, 0.3) is 0 Å². The van der Waals surface area contributed by atoms with Gasteiger partial charge >= 0.3 is 0 Å². The first kappa shape index (κ1) is 14.1. The zero-order valence-electron chi connectivity index (χ0n) is 10.7. The van der Waals surface area contributed by atoms with Gasteiger partial charge in [-0.1, -0.05) is 12.1 Å². The number of nitrogens with zero attached hydrogens (tertiary/aromatic N) is 1. The average molecular weight is 252 g/mol. The van der Waals surface area contributed by atoms with Crippen LogP contribution in [-0.2, 0) is 4.79 Å². The van der Waals surface area contributed by atoms with Crippen LogP contribution in [0.3, 0.4) is 0 Å². The lowest BCUT2D eigenvalue weighted by Gasteiger charge is -2.09. The number of nitrogens with one attached hydrogen (secondary N) is 1. The Morgan fingerprint density at radius 1 is 1.41 bits per heavy atom. The quantitative estimate of drug-likeness (QED) is 0.788. The highest BCUT2D eigenvalue weighted by atomic mass is 32.2. The molecule has 0 aliphatic heterocycles. The summed E-state index contributed by atoms with van der Waals surface area (Å²) in [7, 11) is 4.07. The van der Waals surface area contributed by atoms with Gasteiger partial charge in [0.1, 0.15) is 0 Å². The minimum absolute atomic E-state index is 0.0688. The molecule has 0 spiro atoms. The fourth-order valence-corrected chi connectivity index (χ4v) is 2.23. The van der Waals surface area contributed by atoms with Gasteiger partial charge < -0.3 is 10.2 Å². The maximum atomic E-state index is 11.6. The number of rotatable bonds is 6. The van der Waals surface area contributed by atoms with Crippen molar-refractivity contribution in [3.63, 3.8) is 0 Å². The van der Waals surface area contributed by atoms with Gasteiger partial charge in [0.25, 0.3) is 0 Å². The lowest BCUT2D eigenvalue weighted by atomic mass is 10.2. The van der Waals surface area contributed by atoms with Gasteiger partial charge in [-0.15, -0.1) is 0 Å². The monoisotopic (exact) mass is 252 g/mol. The van der Waals surface area contributed by atoms with Gasteiger partial charge in [-0.25, -0.2) is 0 Å². The van der Waals surface area contributed by atoms with Crippen LogP contribution in [0.5, 0.6) is 0 Å². The summed E-state index contributed by atoms with van der Waals surface area (Å²) >= 11 is 1.66. The molecule has 0 aliphatic carbocycles. The zero-order valence-corrected chi connectivity index (χ0v) is 11.5. The van der Waals surface area contributed by atoms with E-state index in [1.165, 1.54) is 0 Å². The second-order valence-electron chi connectivity index (χ2n) is 4.27. The molecule has 0 fully saturated rings. The topological polar surface area (TPSA) is 32.3 Å². The van der Waals surface area contributed by atoms with Gasteiger partial charge in [-0.3, -0.25) is 4.79 Å². The second kappa shape index (κ2) is 7.35. The van der Waals surface area contributed by atoms with E-state index in [2.05, 4.69) is 10.2 Å². The van der Waals surface area contributed by atoms with E-state index in [0.29, 0.717) is 5.75 Å². The number of anilines is 1. The third-order valence-electron chi connectivity index (χ3n) is 2.22. The minimum Gasteiger partial charge on any atom is -0.325 e. The van der Waals surface area contributed by atoms with E-state index >= 15 is 0 Å². The summed E-state index contributed by atoms with van der Waals surface area (Å²) in [6, 6.07) is 7.85.